The minimum Gasteiger partial charge on any atom is -0.478 e. The minimum atomic E-state index is -4.25. The predicted molar refractivity (Wildman–Crippen MR) is 213 cm³/mol. The SMILES string of the molecule is Cc1cccc(C)c1-c1cc(OC[C@@H]2NC(c3cnc4cc(C(C)(C)C)n(C)c4n3)CCC[C@H]2CC2CCC2)nc(NS(=O)(=O)c2cccc(C(=O)O)c2)n1. The van der Waals surface area contributed by atoms with Gasteiger partial charge < -0.3 is 19.7 Å². The summed E-state index contributed by atoms with van der Waals surface area (Å²) in [6.45, 7) is 10.9. The van der Waals surface area contributed by atoms with Crippen molar-refractivity contribution in [2.24, 2.45) is 18.9 Å². The fourth-order valence-electron chi connectivity index (χ4n) is 8.14. The van der Waals surface area contributed by atoms with Crippen LogP contribution >= 0.6 is 0 Å². The largest absolute Gasteiger partial charge is 0.478 e. The Hall–Kier alpha value is -4.88. The quantitative estimate of drug-likeness (QED) is 0.121. The molecule has 290 valence electrons. The molecule has 7 rings (SSSR count). The second-order valence-corrected chi connectivity index (χ2v) is 18.0. The van der Waals surface area contributed by atoms with Crippen LogP contribution in [0.25, 0.3) is 22.4 Å². The van der Waals surface area contributed by atoms with E-state index in [1.54, 1.807) is 6.07 Å². The smallest absolute Gasteiger partial charge is 0.335 e. The Morgan fingerprint density at radius 1 is 0.982 bits per heavy atom. The molecular formula is C42H51N7O5S. The van der Waals surface area contributed by atoms with Gasteiger partial charge in [-0.1, -0.05) is 70.7 Å². The third kappa shape index (κ3) is 8.37. The molecule has 3 N–H and O–H groups in total. The molecule has 0 amide bonds. The van der Waals surface area contributed by atoms with E-state index < -0.39 is 16.0 Å². The molecule has 12 nitrogen and oxygen atoms in total. The number of carboxylic acids is 1. The number of benzene rings is 2. The summed E-state index contributed by atoms with van der Waals surface area (Å²) in [6.07, 6.45) is 9.83. The summed E-state index contributed by atoms with van der Waals surface area (Å²) in [6, 6.07) is 14.9. The van der Waals surface area contributed by atoms with Crippen molar-refractivity contribution in [2.75, 3.05) is 11.3 Å². The molecule has 1 saturated heterocycles. The number of ether oxygens (including phenoxy) is 1. The maximum absolute atomic E-state index is 13.6. The number of aryl methyl sites for hydroxylation is 3. The van der Waals surface area contributed by atoms with Crippen molar-refractivity contribution < 1.29 is 23.1 Å². The van der Waals surface area contributed by atoms with Crippen molar-refractivity contribution in [2.45, 2.75) is 102 Å². The molecule has 2 fully saturated rings. The van der Waals surface area contributed by atoms with Gasteiger partial charge in [0.25, 0.3) is 10.0 Å². The van der Waals surface area contributed by atoms with E-state index in [0.717, 1.165) is 65.3 Å². The van der Waals surface area contributed by atoms with Crippen LogP contribution in [0.5, 0.6) is 5.88 Å². The van der Waals surface area contributed by atoms with E-state index in [0.29, 0.717) is 24.1 Å². The molecule has 5 aromatic rings. The van der Waals surface area contributed by atoms with Gasteiger partial charge in [0.15, 0.2) is 5.65 Å². The van der Waals surface area contributed by atoms with Gasteiger partial charge in [-0.3, -0.25) is 4.98 Å². The van der Waals surface area contributed by atoms with E-state index in [9.17, 15) is 18.3 Å². The molecule has 13 heteroatoms. The van der Waals surface area contributed by atoms with Crippen LogP contribution in [0.1, 0.15) is 105 Å². The maximum atomic E-state index is 13.6. The third-order valence-corrected chi connectivity index (χ3v) is 12.6. The topological polar surface area (TPSA) is 161 Å². The number of carboxylic acid groups (broad SMARTS) is 1. The van der Waals surface area contributed by atoms with E-state index in [4.69, 9.17) is 14.7 Å². The molecule has 0 radical (unpaired) electrons. The van der Waals surface area contributed by atoms with Gasteiger partial charge in [0.2, 0.25) is 11.8 Å². The molecule has 2 aromatic carbocycles. The van der Waals surface area contributed by atoms with Gasteiger partial charge >= 0.3 is 5.97 Å². The van der Waals surface area contributed by atoms with Crippen molar-refractivity contribution in [3.8, 4) is 17.1 Å². The summed E-state index contributed by atoms with van der Waals surface area (Å²) in [5, 5.41) is 13.4. The van der Waals surface area contributed by atoms with E-state index in [1.807, 2.05) is 38.2 Å². The molecule has 4 heterocycles. The summed E-state index contributed by atoms with van der Waals surface area (Å²) in [5.74, 6) is -0.0950. The molecule has 1 saturated carbocycles. The Bertz CT molecular complexity index is 2310. The molecule has 3 atom stereocenters. The van der Waals surface area contributed by atoms with E-state index in [1.165, 1.54) is 43.2 Å². The van der Waals surface area contributed by atoms with Crippen molar-refractivity contribution >= 4 is 33.1 Å². The van der Waals surface area contributed by atoms with Gasteiger partial charge in [-0.25, -0.2) is 27.9 Å². The van der Waals surface area contributed by atoms with Gasteiger partial charge in [0.1, 0.15) is 12.1 Å². The van der Waals surface area contributed by atoms with Crippen molar-refractivity contribution in [1.82, 2.24) is 29.8 Å². The first-order valence-corrected chi connectivity index (χ1v) is 20.7. The number of nitrogens with one attached hydrogen (secondary N) is 2. The summed E-state index contributed by atoms with van der Waals surface area (Å²) < 4.78 is 38.3. The third-order valence-electron chi connectivity index (χ3n) is 11.3. The molecule has 55 heavy (non-hydrogen) atoms. The zero-order valence-electron chi connectivity index (χ0n) is 32.5. The minimum absolute atomic E-state index is 0.0237. The summed E-state index contributed by atoms with van der Waals surface area (Å²) in [5.41, 5.74) is 6.95. The highest BCUT2D eigenvalue weighted by Crippen LogP contribution is 2.38. The van der Waals surface area contributed by atoms with Crippen molar-refractivity contribution in [3.63, 3.8) is 0 Å². The number of nitrogens with zero attached hydrogens (tertiary/aromatic N) is 5. The van der Waals surface area contributed by atoms with Crippen LogP contribution in [0.2, 0.25) is 0 Å². The highest BCUT2D eigenvalue weighted by Gasteiger charge is 2.33. The molecule has 1 unspecified atom stereocenters. The number of aromatic carboxylic acids is 1. The van der Waals surface area contributed by atoms with Gasteiger partial charge in [-0.05, 0) is 80.3 Å². The monoisotopic (exact) mass is 765 g/mol. The van der Waals surface area contributed by atoms with Crippen LogP contribution in [0.15, 0.2) is 65.7 Å². The molecular weight excluding hydrogens is 715 g/mol. The molecule has 1 aliphatic carbocycles. The highest BCUT2D eigenvalue weighted by atomic mass is 32.2. The van der Waals surface area contributed by atoms with Gasteiger partial charge in [0, 0.05) is 35.8 Å². The van der Waals surface area contributed by atoms with Crippen molar-refractivity contribution in [3.05, 3.63) is 88.9 Å². The Kier molecular flexibility index (Phi) is 10.7. The number of anilines is 1. The fraction of sp³-hybridized carbons (Fsp3) is 0.452. The highest BCUT2D eigenvalue weighted by molar-refractivity contribution is 7.92. The Morgan fingerprint density at radius 2 is 1.71 bits per heavy atom. The van der Waals surface area contributed by atoms with Crippen molar-refractivity contribution in [1.29, 1.82) is 0 Å². The lowest BCUT2D eigenvalue weighted by atomic mass is 9.76. The lowest BCUT2D eigenvalue weighted by Crippen LogP contribution is -2.42. The van der Waals surface area contributed by atoms with E-state index in [2.05, 4.69) is 58.5 Å². The molecule has 0 bridgehead atoms. The number of hydrogen-bond acceptors (Lipinski definition) is 9. The second kappa shape index (κ2) is 15.3. The zero-order valence-corrected chi connectivity index (χ0v) is 33.3. The Balaban J connectivity index is 1.20. The summed E-state index contributed by atoms with van der Waals surface area (Å²) >= 11 is 0. The van der Waals surface area contributed by atoms with Crippen LogP contribution in [-0.4, -0.2) is 56.6 Å². The summed E-state index contributed by atoms with van der Waals surface area (Å²) in [7, 11) is -2.19. The lowest BCUT2D eigenvalue weighted by Gasteiger charge is -2.34. The number of carbonyl (C=O) groups is 1. The average molecular weight is 766 g/mol. The van der Waals surface area contributed by atoms with Crippen LogP contribution in [0.4, 0.5) is 5.95 Å². The number of sulfonamides is 1. The number of aromatic nitrogens is 5. The standard InChI is InChI=1S/C42H51N7O5S/c1-25-11-7-12-26(2)38(25)32-22-37(47-41(46-32)48-55(52,53)30-17-9-16-29(20-30)40(50)51)54-24-35-28(19-27-13-8-14-27)15-10-18-31(44-35)34-23-43-33-21-36(42(3,4)5)49(6)39(33)45-34/h7,9,11-12,16-17,20-23,27-28,31,35,44H,8,10,13-15,18-19,24H2,1-6H3,(H,50,51)(H,46,47,48)/t28-,31?,35-/m0/s1. The first-order valence-electron chi connectivity index (χ1n) is 19.2. The van der Waals surface area contributed by atoms with Gasteiger partial charge in [-0.2, -0.15) is 4.98 Å². The number of fused-ring (bicyclic) bond motifs is 1. The zero-order chi connectivity index (χ0) is 39.1. The molecule has 0 spiro atoms. The Morgan fingerprint density at radius 3 is 2.40 bits per heavy atom. The molecule has 2 aliphatic rings. The summed E-state index contributed by atoms with van der Waals surface area (Å²) in [4.78, 5) is 30.6. The van der Waals surface area contributed by atoms with Gasteiger partial charge in [-0.15, -0.1) is 0 Å². The predicted octanol–water partition coefficient (Wildman–Crippen LogP) is 7.91. The van der Waals surface area contributed by atoms with Crippen LogP contribution in [-0.2, 0) is 22.5 Å². The first-order chi connectivity index (χ1) is 26.2. The first kappa shape index (κ1) is 38.4. The van der Waals surface area contributed by atoms with E-state index in [-0.39, 0.29) is 39.8 Å². The fourth-order valence-corrected chi connectivity index (χ4v) is 9.13. The Labute approximate surface area is 323 Å². The lowest BCUT2D eigenvalue weighted by molar-refractivity contribution is 0.0696. The second-order valence-electron chi connectivity index (χ2n) is 16.3. The number of rotatable bonds is 11. The molecule has 1 aliphatic heterocycles. The van der Waals surface area contributed by atoms with Crippen LogP contribution < -0.4 is 14.8 Å². The van der Waals surface area contributed by atoms with Gasteiger partial charge in [0.05, 0.1) is 34.1 Å². The van der Waals surface area contributed by atoms with Crippen LogP contribution in [0.3, 0.4) is 0 Å². The maximum Gasteiger partial charge on any atom is 0.335 e. The van der Waals surface area contributed by atoms with Crippen LogP contribution in [0, 0.1) is 25.7 Å². The normalized spacial score (nSPS) is 19.5. The molecule has 3 aromatic heterocycles. The van der Waals surface area contributed by atoms with E-state index >= 15 is 0 Å². The number of hydrogen-bond donors (Lipinski definition) is 3. The average Bonchev–Trinajstić information content (AvgIpc) is 3.32.